The Balaban J connectivity index is 2.14. The van der Waals surface area contributed by atoms with Crippen LogP contribution in [0.5, 0.6) is 11.5 Å². The fraction of sp³-hybridized carbons (Fsp3) is 0.143. The van der Waals surface area contributed by atoms with E-state index in [9.17, 15) is 13.6 Å². The zero-order valence-electron chi connectivity index (χ0n) is 11.9. The average molecular weight is 377 g/mol. The van der Waals surface area contributed by atoms with E-state index in [0.29, 0.717) is 0 Å². The van der Waals surface area contributed by atoms with E-state index in [1.54, 1.807) is 0 Å². The Kier molecular flexibility index (Phi) is 3.89. The first kappa shape index (κ1) is 16.5. The number of fused-ring (bicyclic) bond motifs is 1. The molecule has 6 nitrogen and oxygen atoms in total. The van der Waals surface area contributed by atoms with Crippen LogP contribution in [0, 0.1) is 0 Å². The van der Waals surface area contributed by atoms with Crippen molar-refractivity contribution in [3.8, 4) is 22.8 Å². The number of carbonyl (C=O) groups is 1. The number of benzene rings is 1. The molecule has 0 bridgehead atoms. The van der Waals surface area contributed by atoms with Crippen molar-refractivity contribution in [2.45, 2.75) is 6.29 Å². The smallest absolute Gasteiger partial charge is 0.464 e. The van der Waals surface area contributed by atoms with Crippen LogP contribution in [0.1, 0.15) is 10.5 Å². The van der Waals surface area contributed by atoms with Gasteiger partial charge in [-0.3, -0.25) is 0 Å². The molecule has 0 fully saturated rings. The van der Waals surface area contributed by atoms with Crippen molar-refractivity contribution in [3.05, 3.63) is 33.9 Å². The van der Waals surface area contributed by atoms with E-state index in [4.69, 9.17) is 28.9 Å². The summed E-state index contributed by atoms with van der Waals surface area (Å²) in [6.07, 6.45) is -3.78. The van der Waals surface area contributed by atoms with Crippen molar-refractivity contribution in [3.63, 3.8) is 0 Å². The van der Waals surface area contributed by atoms with Crippen molar-refractivity contribution >= 4 is 34.9 Å². The number of carbonyl (C=O) groups excluding carboxylic acids is 1. The Bertz CT molecular complexity index is 861. The van der Waals surface area contributed by atoms with E-state index in [1.807, 2.05) is 0 Å². The van der Waals surface area contributed by atoms with E-state index in [0.717, 1.165) is 13.2 Å². The maximum Gasteiger partial charge on any atom is 0.586 e. The van der Waals surface area contributed by atoms with Gasteiger partial charge in [-0.1, -0.05) is 23.2 Å². The topological polar surface area (TPSA) is 83.7 Å². The van der Waals surface area contributed by atoms with Crippen LogP contribution < -0.4 is 15.2 Å². The second-order valence-electron chi connectivity index (χ2n) is 4.70. The molecule has 1 aliphatic heterocycles. The predicted octanol–water partition coefficient (Wildman–Crippen LogP) is 3.75. The van der Waals surface area contributed by atoms with E-state index >= 15 is 0 Å². The van der Waals surface area contributed by atoms with Gasteiger partial charge in [-0.05, 0) is 12.1 Å². The number of esters is 1. The zero-order valence-corrected chi connectivity index (χ0v) is 13.4. The van der Waals surface area contributed by atoms with E-state index in [1.165, 1.54) is 12.1 Å². The van der Waals surface area contributed by atoms with Gasteiger partial charge < -0.3 is 19.9 Å². The van der Waals surface area contributed by atoms with Crippen molar-refractivity contribution in [1.29, 1.82) is 0 Å². The number of ether oxygens (including phenoxy) is 3. The Morgan fingerprint density at radius 3 is 2.50 bits per heavy atom. The van der Waals surface area contributed by atoms with Crippen LogP contribution in [0.15, 0.2) is 18.2 Å². The van der Waals surface area contributed by atoms with Gasteiger partial charge in [-0.15, -0.1) is 8.78 Å². The molecule has 2 N–H and O–H groups in total. The van der Waals surface area contributed by atoms with Gasteiger partial charge in [0, 0.05) is 11.6 Å². The van der Waals surface area contributed by atoms with Crippen LogP contribution in [0.25, 0.3) is 11.3 Å². The number of nitrogens with zero attached hydrogens (tertiary/aromatic N) is 1. The number of anilines is 1. The molecular weight excluding hydrogens is 369 g/mol. The first-order valence-electron chi connectivity index (χ1n) is 6.36. The van der Waals surface area contributed by atoms with Gasteiger partial charge in [0.05, 0.1) is 28.5 Å². The molecule has 2 heterocycles. The van der Waals surface area contributed by atoms with Crippen LogP contribution in [-0.4, -0.2) is 24.4 Å². The summed E-state index contributed by atoms with van der Waals surface area (Å²) < 4.78 is 39.5. The molecule has 126 valence electrons. The van der Waals surface area contributed by atoms with Gasteiger partial charge in [0.1, 0.15) is 0 Å². The molecule has 24 heavy (non-hydrogen) atoms. The minimum atomic E-state index is -3.78. The number of methoxy groups -OCH3 is 1. The van der Waals surface area contributed by atoms with Crippen molar-refractivity contribution < 1.29 is 27.8 Å². The molecule has 1 aromatic carbocycles. The summed E-state index contributed by atoms with van der Waals surface area (Å²) in [5.74, 6) is -1.25. The van der Waals surface area contributed by atoms with Gasteiger partial charge in [-0.25, -0.2) is 9.78 Å². The molecule has 3 rings (SSSR count). The number of rotatable bonds is 2. The Hall–Kier alpha value is -2.32. The van der Waals surface area contributed by atoms with Crippen molar-refractivity contribution in [2.24, 2.45) is 0 Å². The molecule has 0 saturated heterocycles. The van der Waals surface area contributed by atoms with Gasteiger partial charge in [-0.2, -0.15) is 0 Å². The highest BCUT2D eigenvalue weighted by atomic mass is 35.5. The molecule has 0 saturated carbocycles. The molecule has 0 amide bonds. The molecule has 1 aromatic heterocycles. The predicted molar refractivity (Wildman–Crippen MR) is 81.6 cm³/mol. The number of hydrogen-bond donors (Lipinski definition) is 1. The number of pyridine rings is 1. The maximum atomic E-state index is 13.1. The van der Waals surface area contributed by atoms with Crippen molar-refractivity contribution in [2.75, 3.05) is 12.8 Å². The fourth-order valence-corrected chi connectivity index (χ4v) is 2.51. The average Bonchev–Trinajstić information content (AvgIpc) is 2.81. The highest BCUT2D eigenvalue weighted by Crippen LogP contribution is 2.46. The highest BCUT2D eigenvalue weighted by molar-refractivity contribution is 6.36. The molecular formula is C14H8Cl2F2N2O4. The molecule has 0 atom stereocenters. The van der Waals surface area contributed by atoms with Gasteiger partial charge in [0.15, 0.2) is 17.2 Å². The summed E-state index contributed by atoms with van der Waals surface area (Å²) in [5, 5.41) is -0.0471. The monoisotopic (exact) mass is 376 g/mol. The molecule has 0 spiro atoms. The fourth-order valence-electron chi connectivity index (χ4n) is 2.09. The van der Waals surface area contributed by atoms with Gasteiger partial charge >= 0.3 is 12.3 Å². The maximum absolute atomic E-state index is 13.1. The van der Waals surface area contributed by atoms with E-state index in [-0.39, 0.29) is 44.2 Å². The third kappa shape index (κ3) is 2.78. The Morgan fingerprint density at radius 2 is 1.88 bits per heavy atom. The summed E-state index contributed by atoms with van der Waals surface area (Å²) in [6.45, 7) is 0. The number of halogens is 4. The van der Waals surface area contributed by atoms with Crippen LogP contribution in [0.3, 0.4) is 0 Å². The lowest BCUT2D eigenvalue weighted by atomic mass is 10.1. The molecule has 0 unspecified atom stereocenters. The van der Waals surface area contributed by atoms with E-state index in [2.05, 4.69) is 19.2 Å². The minimum absolute atomic E-state index is 0.0417. The second-order valence-corrected chi connectivity index (χ2v) is 5.48. The number of hydrogen-bond acceptors (Lipinski definition) is 6. The largest absolute Gasteiger partial charge is 0.586 e. The lowest BCUT2D eigenvalue weighted by Gasteiger charge is -2.10. The lowest BCUT2D eigenvalue weighted by molar-refractivity contribution is -0.286. The van der Waals surface area contributed by atoms with Crippen molar-refractivity contribution in [1.82, 2.24) is 4.98 Å². The normalized spacial score (nSPS) is 14.5. The van der Waals surface area contributed by atoms with Crippen LogP contribution >= 0.6 is 23.2 Å². The number of nitrogens with two attached hydrogens (primary N) is 1. The first-order valence-corrected chi connectivity index (χ1v) is 7.11. The summed E-state index contributed by atoms with van der Waals surface area (Å²) in [5.41, 5.74) is 5.90. The molecule has 1 aliphatic rings. The highest BCUT2D eigenvalue weighted by Gasteiger charge is 2.44. The van der Waals surface area contributed by atoms with Gasteiger partial charge in [0.2, 0.25) is 0 Å². The minimum Gasteiger partial charge on any atom is -0.464 e. The third-order valence-corrected chi connectivity index (χ3v) is 3.84. The summed E-state index contributed by atoms with van der Waals surface area (Å²) in [6, 6.07) is 3.70. The molecule has 2 aromatic rings. The van der Waals surface area contributed by atoms with Crippen LogP contribution in [0.2, 0.25) is 10.0 Å². The standard InChI is InChI=1S/C14H8Cl2F2N2O4/c1-22-13(21)12-11(16)7(19)4-8(20-12)5-2-9-10(3-6(5)15)24-14(17,18)23-9/h2-4H,1H3,(H2,19,20). The Morgan fingerprint density at radius 1 is 1.25 bits per heavy atom. The second kappa shape index (κ2) is 5.64. The van der Waals surface area contributed by atoms with Crippen LogP contribution in [-0.2, 0) is 4.74 Å². The summed E-state index contributed by atoms with van der Waals surface area (Å²) >= 11 is 12.0. The first-order chi connectivity index (χ1) is 11.2. The lowest BCUT2D eigenvalue weighted by Crippen LogP contribution is -2.25. The van der Waals surface area contributed by atoms with Gasteiger partial charge in [0.25, 0.3) is 0 Å². The number of alkyl halides is 2. The summed E-state index contributed by atoms with van der Waals surface area (Å²) in [7, 11) is 1.15. The quantitative estimate of drug-likeness (QED) is 0.803. The SMILES string of the molecule is COC(=O)c1nc(-c2cc3c(cc2Cl)OC(F)(F)O3)cc(N)c1Cl. The molecule has 0 radical (unpaired) electrons. The van der Waals surface area contributed by atoms with E-state index < -0.39 is 12.3 Å². The third-order valence-electron chi connectivity index (χ3n) is 3.13. The number of aromatic nitrogens is 1. The molecule has 10 heteroatoms. The Labute approximate surface area is 144 Å². The number of nitrogen functional groups attached to an aromatic ring is 1. The zero-order chi connectivity index (χ0) is 17.6. The molecule has 0 aliphatic carbocycles. The summed E-state index contributed by atoms with van der Waals surface area (Å²) in [4.78, 5) is 15.8. The van der Waals surface area contributed by atoms with Crippen LogP contribution in [0.4, 0.5) is 14.5 Å².